The summed E-state index contributed by atoms with van der Waals surface area (Å²) in [6.07, 6.45) is 0.883. The van der Waals surface area contributed by atoms with Crippen LogP contribution in [0.15, 0.2) is 24.3 Å². The molecule has 0 radical (unpaired) electrons. The van der Waals surface area contributed by atoms with Gasteiger partial charge in [-0.25, -0.2) is 0 Å². The van der Waals surface area contributed by atoms with Gasteiger partial charge in [-0.05, 0) is 44.9 Å². The van der Waals surface area contributed by atoms with Crippen LogP contribution in [0.5, 0.6) is 5.75 Å². The van der Waals surface area contributed by atoms with E-state index in [0.717, 1.165) is 12.2 Å². The lowest BCUT2D eigenvalue weighted by molar-refractivity contribution is -0.122. The van der Waals surface area contributed by atoms with Crippen molar-refractivity contribution in [1.82, 2.24) is 10.6 Å². The van der Waals surface area contributed by atoms with Crippen molar-refractivity contribution in [2.24, 2.45) is 0 Å². The number of methoxy groups -OCH3 is 1. The number of ether oxygens (including phenoxy) is 1. The van der Waals surface area contributed by atoms with Gasteiger partial charge in [0.25, 0.3) is 0 Å². The van der Waals surface area contributed by atoms with Crippen LogP contribution in [-0.4, -0.2) is 31.6 Å². The second kappa shape index (κ2) is 7.79. The molecule has 0 bridgehead atoms. The lowest BCUT2D eigenvalue weighted by Gasteiger charge is -2.19. The molecule has 1 aromatic carbocycles. The van der Waals surface area contributed by atoms with Crippen molar-refractivity contribution in [3.05, 3.63) is 29.8 Å². The molecule has 0 aliphatic heterocycles. The van der Waals surface area contributed by atoms with Crippen molar-refractivity contribution in [3.63, 3.8) is 0 Å². The predicted molar refractivity (Wildman–Crippen MR) is 77.4 cm³/mol. The maximum atomic E-state index is 11.6. The highest BCUT2D eigenvalue weighted by atomic mass is 16.5. The lowest BCUT2D eigenvalue weighted by Crippen LogP contribution is -2.46. The Bertz CT molecular complexity index is 390. The minimum atomic E-state index is -0.173. The standard InChI is InChI=1S/C15H24N2O2/c1-5-16-15(18)12(3)17-11(2)10-13-6-8-14(19-4)9-7-13/h6-9,11-12,17H,5,10H2,1-4H3,(H,16,18). The Hall–Kier alpha value is -1.55. The van der Waals surface area contributed by atoms with Gasteiger partial charge in [-0.1, -0.05) is 12.1 Å². The molecule has 1 rings (SSSR count). The molecule has 1 aromatic rings. The van der Waals surface area contributed by atoms with Crippen LogP contribution in [0.4, 0.5) is 0 Å². The molecule has 19 heavy (non-hydrogen) atoms. The second-order valence-corrected chi connectivity index (χ2v) is 4.74. The van der Waals surface area contributed by atoms with Crippen molar-refractivity contribution >= 4 is 5.91 Å². The summed E-state index contributed by atoms with van der Waals surface area (Å²) in [6, 6.07) is 8.07. The average molecular weight is 264 g/mol. The highest BCUT2D eigenvalue weighted by molar-refractivity contribution is 5.81. The van der Waals surface area contributed by atoms with E-state index in [1.54, 1.807) is 7.11 Å². The van der Waals surface area contributed by atoms with E-state index < -0.39 is 0 Å². The van der Waals surface area contributed by atoms with Crippen LogP contribution in [0, 0.1) is 0 Å². The number of rotatable bonds is 7. The predicted octanol–water partition coefficient (Wildman–Crippen LogP) is 1.74. The normalized spacial score (nSPS) is 13.7. The van der Waals surface area contributed by atoms with Crippen LogP contribution < -0.4 is 15.4 Å². The van der Waals surface area contributed by atoms with Crippen LogP contribution >= 0.6 is 0 Å². The molecule has 1 amide bonds. The molecule has 4 nitrogen and oxygen atoms in total. The third kappa shape index (κ3) is 5.30. The molecule has 0 fully saturated rings. The van der Waals surface area contributed by atoms with Crippen LogP contribution in [0.25, 0.3) is 0 Å². The van der Waals surface area contributed by atoms with Crippen LogP contribution in [-0.2, 0) is 11.2 Å². The minimum absolute atomic E-state index is 0.0454. The van der Waals surface area contributed by atoms with E-state index in [1.807, 2.05) is 38.1 Å². The van der Waals surface area contributed by atoms with Gasteiger partial charge in [0.05, 0.1) is 13.2 Å². The third-order valence-corrected chi connectivity index (χ3v) is 2.98. The summed E-state index contributed by atoms with van der Waals surface area (Å²) in [5.41, 5.74) is 1.23. The zero-order valence-electron chi connectivity index (χ0n) is 12.2. The number of carbonyl (C=O) groups is 1. The third-order valence-electron chi connectivity index (χ3n) is 2.98. The van der Waals surface area contributed by atoms with Gasteiger partial charge >= 0.3 is 0 Å². The van der Waals surface area contributed by atoms with Gasteiger partial charge in [0.2, 0.25) is 5.91 Å². The Morgan fingerprint density at radius 3 is 2.42 bits per heavy atom. The van der Waals surface area contributed by atoms with Gasteiger partial charge in [0, 0.05) is 12.6 Å². The number of hydrogen-bond acceptors (Lipinski definition) is 3. The molecule has 0 aliphatic carbocycles. The summed E-state index contributed by atoms with van der Waals surface area (Å²) in [5, 5.41) is 6.11. The number of likely N-dealkylation sites (N-methyl/N-ethyl adjacent to an activating group) is 1. The summed E-state index contributed by atoms with van der Waals surface area (Å²) >= 11 is 0. The molecule has 0 aliphatic rings. The highest BCUT2D eigenvalue weighted by Crippen LogP contribution is 2.12. The van der Waals surface area contributed by atoms with E-state index in [9.17, 15) is 4.79 Å². The number of carbonyl (C=O) groups excluding carboxylic acids is 1. The van der Waals surface area contributed by atoms with Gasteiger partial charge in [-0.2, -0.15) is 0 Å². The first kappa shape index (κ1) is 15.5. The Labute approximate surface area is 115 Å². The molecule has 2 N–H and O–H groups in total. The first-order valence-electron chi connectivity index (χ1n) is 6.73. The van der Waals surface area contributed by atoms with Gasteiger partial charge in [-0.15, -0.1) is 0 Å². The second-order valence-electron chi connectivity index (χ2n) is 4.74. The maximum Gasteiger partial charge on any atom is 0.236 e. The van der Waals surface area contributed by atoms with Crippen molar-refractivity contribution in [2.75, 3.05) is 13.7 Å². The molecule has 0 spiro atoms. The monoisotopic (exact) mass is 264 g/mol. The van der Waals surface area contributed by atoms with Crippen molar-refractivity contribution < 1.29 is 9.53 Å². The van der Waals surface area contributed by atoms with Crippen LogP contribution in [0.1, 0.15) is 26.3 Å². The van der Waals surface area contributed by atoms with E-state index >= 15 is 0 Å². The fraction of sp³-hybridized carbons (Fsp3) is 0.533. The number of benzene rings is 1. The molecule has 4 heteroatoms. The lowest BCUT2D eigenvalue weighted by atomic mass is 10.1. The first-order valence-corrected chi connectivity index (χ1v) is 6.73. The first-order chi connectivity index (χ1) is 9.06. The van der Waals surface area contributed by atoms with Gasteiger partial charge < -0.3 is 15.4 Å². The van der Waals surface area contributed by atoms with E-state index in [2.05, 4.69) is 17.6 Å². The summed E-state index contributed by atoms with van der Waals surface area (Å²) in [5.74, 6) is 0.907. The van der Waals surface area contributed by atoms with Crippen molar-refractivity contribution in [3.8, 4) is 5.75 Å². The zero-order chi connectivity index (χ0) is 14.3. The zero-order valence-corrected chi connectivity index (χ0v) is 12.2. The smallest absolute Gasteiger partial charge is 0.236 e. The van der Waals surface area contributed by atoms with Crippen molar-refractivity contribution in [1.29, 1.82) is 0 Å². The molecule has 106 valence electrons. The minimum Gasteiger partial charge on any atom is -0.497 e. The Balaban J connectivity index is 2.45. The van der Waals surface area contributed by atoms with E-state index in [1.165, 1.54) is 5.56 Å². The quantitative estimate of drug-likeness (QED) is 0.788. The molecule has 0 saturated carbocycles. The molecule has 0 heterocycles. The fourth-order valence-electron chi connectivity index (χ4n) is 2.00. The van der Waals surface area contributed by atoms with E-state index in [-0.39, 0.29) is 18.0 Å². The summed E-state index contributed by atoms with van der Waals surface area (Å²) in [4.78, 5) is 11.6. The molecule has 2 atom stereocenters. The number of nitrogens with one attached hydrogen (secondary N) is 2. The largest absolute Gasteiger partial charge is 0.497 e. The summed E-state index contributed by atoms with van der Waals surface area (Å²) < 4.78 is 5.13. The number of amides is 1. The van der Waals surface area contributed by atoms with Gasteiger partial charge in [0.1, 0.15) is 5.75 Å². The molecular weight excluding hydrogens is 240 g/mol. The summed E-state index contributed by atoms with van der Waals surface area (Å²) in [7, 11) is 1.66. The molecule has 2 unspecified atom stereocenters. The van der Waals surface area contributed by atoms with Gasteiger partial charge in [0.15, 0.2) is 0 Å². The maximum absolute atomic E-state index is 11.6. The van der Waals surface area contributed by atoms with E-state index in [0.29, 0.717) is 6.54 Å². The molecule has 0 saturated heterocycles. The molecular formula is C15H24N2O2. The summed E-state index contributed by atoms with van der Waals surface area (Å²) in [6.45, 7) is 6.55. The highest BCUT2D eigenvalue weighted by Gasteiger charge is 2.14. The Morgan fingerprint density at radius 1 is 1.26 bits per heavy atom. The Morgan fingerprint density at radius 2 is 1.89 bits per heavy atom. The molecule has 0 aromatic heterocycles. The SMILES string of the molecule is CCNC(=O)C(C)NC(C)Cc1ccc(OC)cc1. The Kier molecular flexibility index (Phi) is 6.36. The van der Waals surface area contributed by atoms with Crippen LogP contribution in [0.3, 0.4) is 0 Å². The topological polar surface area (TPSA) is 50.4 Å². The fourth-order valence-corrected chi connectivity index (χ4v) is 2.00. The average Bonchev–Trinajstić information content (AvgIpc) is 2.39. The van der Waals surface area contributed by atoms with Crippen LogP contribution in [0.2, 0.25) is 0 Å². The number of hydrogen-bond donors (Lipinski definition) is 2. The van der Waals surface area contributed by atoms with E-state index in [4.69, 9.17) is 4.74 Å². The van der Waals surface area contributed by atoms with Gasteiger partial charge in [-0.3, -0.25) is 4.79 Å². The van der Waals surface area contributed by atoms with Crippen molar-refractivity contribution in [2.45, 2.75) is 39.3 Å².